The van der Waals surface area contributed by atoms with Crippen molar-refractivity contribution in [2.45, 2.75) is 63.8 Å². The first kappa shape index (κ1) is 23.1. The highest BCUT2D eigenvalue weighted by Crippen LogP contribution is 2.45. The molecule has 3 fully saturated rings. The molecule has 2 bridgehead atoms. The van der Waals surface area contributed by atoms with E-state index in [4.69, 9.17) is 4.74 Å². The Morgan fingerprint density at radius 1 is 1.19 bits per heavy atom. The molecular weight excluding hydrogens is 427 g/mol. The van der Waals surface area contributed by atoms with Gasteiger partial charge in [0.25, 0.3) is 0 Å². The van der Waals surface area contributed by atoms with Crippen molar-refractivity contribution >= 4 is 17.5 Å². The van der Waals surface area contributed by atoms with Crippen molar-refractivity contribution in [3.8, 4) is 11.1 Å². The lowest BCUT2D eigenvalue weighted by Crippen LogP contribution is -2.70. The second-order valence-corrected chi connectivity index (χ2v) is 10.9. The third-order valence-corrected chi connectivity index (χ3v) is 6.93. The first-order valence-electron chi connectivity index (χ1n) is 11.1. The van der Waals surface area contributed by atoms with Crippen molar-refractivity contribution in [3.05, 3.63) is 59.9 Å². The third-order valence-electron chi connectivity index (χ3n) is 6.32. The van der Waals surface area contributed by atoms with E-state index in [2.05, 4.69) is 4.72 Å². The van der Waals surface area contributed by atoms with E-state index in [1.54, 1.807) is 23.3 Å². The van der Waals surface area contributed by atoms with Crippen molar-refractivity contribution in [1.82, 2.24) is 9.62 Å². The summed E-state index contributed by atoms with van der Waals surface area (Å²) in [7, 11) is 0. The Morgan fingerprint density at radius 3 is 2.50 bits per heavy atom. The Labute approximate surface area is 192 Å². The van der Waals surface area contributed by atoms with Gasteiger partial charge in [0.15, 0.2) is 0 Å². The maximum Gasteiger partial charge on any atom is 0.410 e. The number of nitrogens with one attached hydrogen (secondary N) is 1. The molecule has 3 atom stereocenters. The van der Waals surface area contributed by atoms with Gasteiger partial charge in [-0.25, -0.2) is 9.18 Å². The highest BCUT2D eigenvalue weighted by molar-refractivity contribution is 7.88. The van der Waals surface area contributed by atoms with Gasteiger partial charge >= 0.3 is 6.09 Å². The second-order valence-electron chi connectivity index (χ2n) is 9.79. The number of hydrogen-bond acceptors (Lipinski definition) is 4. The second kappa shape index (κ2) is 9.04. The number of fused-ring (bicyclic) bond motifs is 2. The summed E-state index contributed by atoms with van der Waals surface area (Å²) in [4.78, 5) is 14.9. The number of ether oxygens (including phenoxy) is 1. The number of piperidine rings is 2. The minimum atomic E-state index is -1.25. The van der Waals surface area contributed by atoms with E-state index in [-0.39, 0.29) is 30.0 Å². The molecule has 5 rings (SSSR count). The highest BCUT2D eigenvalue weighted by Gasteiger charge is 2.54. The van der Waals surface area contributed by atoms with Crippen LogP contribution < -0.4 is 4.72 Å². The zero-order valence-corrected chi connectivity index (χ0v) is 19.8. The number of carbonyl (C=O) groups excluding carboxylic acids is 1. The predicted molar refractivity (Wildman–Crippen MR) is 125 cm³/mol. The van der Waals surface area contributed by atoms with Crippen molar-refractivity contribution in [3.63, 3.8) is 0 Å². The standard InChI is InChI=1S/C25H31FN2O3S/c1-25(2,3)31-24(29)28-19-13-18(14-19)23(27-32(4)30)21(28)15-17-11-8-12-20(22(17)26)16-9-6-5-7-10-16/h5-12,18-19,21,23,27H,13-15H2,1-4H3/t18?,19?,21-,23-,32?/m0/s1. The van der Waals surface area contributed by atoms with Crippen LogP contribution in [0.1, 0.15) is 39.2 Å². The molecule has 2 aromatic rings. The summed E-state index contributed by atoms with van der Waals surface area (Å²) >= 11 is -1.25. The number of carbonyl (C=O) groups is 1. The van der Waals surface area contributed by atoms with Crippen LogP contribution in [0, 0.1) is 11.7 Å². The molecule has 1 aliphatic carbocycles. The van der Waals surface area contributed by atoms with Gasteiger partial charge in [0.2, 0.25) is 0 Å². The van der Waals surface area contributed by atoms with Crippen molar-refractivity contribution in [2.75, 3.05) is 6.26 Å². The normalized spacial score (nSPS) is 25.8. The van der Waals surface area contributed by atoms with Crippen LogP contribution in [0.15, 0.2) is 48.5 Å². The Bertz CT molecular complexity index is 957. The van der Waals surface area contributed by atoms with Crippen LogP contribution in [0.3, 0.4) is 0 Å². The van der Waals surface area contributed by atoms with Crippen LogP contribution in [-0.2, 0) is 22.5 Å². The molecule has 172 valence electrons. The predicted octanol–water partition coefficient (Wildman–Crippen LogP) is 4.68. The SMILES string of the molecule is C[S+]([O-])N[C@H]1C2CC(C2)N(C(=O)OC(C)(C)C)[C@H]1Cc1cccc(-c2ccccc2)c1F. The molecule has 1 N–H and O–H groups in total. The Kier molecular flexibility index (Phi) is 6.52. The summed E-state index contributed by atoms with van der Waals surface area (Å²) < 4.78 is 36.5. The molecule has 3 aliphatic rings. The van der Waals surface area contributed by atoms with Crippen LogP contribution in [0.2, 0.25) is 0 Å². The average molecular weight is 459 g/mol. The van der Waals surface area contributed by atoms with E-state index in [0.717, 1.165) is 18.4 Å². The largest absolute Gasteiger partial charge is 0.598 e. The van der Waals surface area contributed by atoms with Gasteiger partial charge in [-0.1, -0.05) is 48.5 Å². The number of amides is 1. The maximum atomic E-state index is 15.6. The molecule has 32 heavy (non-hydrogen) atoms. The Morgan fingerprint density at radius 2 is 1.88 bits per heavy atom. The number of hydrogen-bond donors (Lipinski definition) is 1. The maximum absolute atomic E-state index is 15.6. The average Bonchev–Trinajstić information content (AvgIpc) is 2.68. The number of halogens is 1. The molecule has 1 unspecified atom stereocenters. The topological polar surface area (TPSA) is 64.6 Å². The van der Waals surface area contributed by atoms with Crippen LogP contribution >= 0.6 is 0 Å². The highest BCUT2D eigenvalue weighted by atomic mass is 32.2. The lowest BCUT2D eigenvalue weighted by atomic mass is 9.67. The summed E-state index contributed by atoms with van der Waals surface area (Å²) in [6.07, 6.45) is 3.22. The molecule has 0 spiro atoms. The molecule has 5 nitrogen and oxygen atoms in total. The summed E-state index contributed by atoms with van der Waals surface area (Å²) in [5.74, 6) is 0.0337. The number of nitrogens with zero attached hydrogens (tertiary/aromatic N) is 1. The minimum absolute atomic E-state index is 0.0727. The fourth-order valence-corrected chi connectivity index (χ4v) is 5.64. The summed E-state index contributed by atoms with van der Waals surface area (Å²) in [6.45, 7) is 5.52. The molecule has 2 saturated heterocycles. The molecular formula is C25H31FN2O3S. The Hall–Kier alpha value is -2.09. The molecule has 2 heterocycles. The first-order chi connectivity index (χ1) is 15.1. The van der Waals surface area contributed by atoms with E-state index in [1.165, 1.54) is 0 Å². The van der Waals surface area contributed by atoms with Crippen LogP contribution in [0.4, 0.5) is 9.18 Å². The fraction of sp³-hybridized carbons (Fsp3) is 0.480. The van der Waals surface area contributed by atoms with Crippen molar-refractivity contribution in [1.29, 1.82) is 0 Å². The van der Waals surface area contributed by atoms with Gasteiger partial charge in [-0.3, -0.25) is 0 Å². The zero-order chi connectivity index (χ0) is 23.0. The number of benzene rings is 2. The molecule has 0 aromatic heterocycles. The molecule has 7 heteroatoms. The first-order valence-corrected chi connectivity index (χ1v) is 12.6. The van der Waals surface area contributed by atoms with Crippen molar-refractivity contribution in [2.24, 2.45) is 5.92 Å². The van der Waals surface area contributed by atoms with Gasteiger partial charge in [0.1, 0.15) is 17.7 Å². The Balaban J connectivity index is 1.67. The zero-order valence-electron chi connectivity index (χ0n) is 19.0. The van der Waals surface area contributed by atoms with Gasteiger partial charge in [0, 0.05) is 23.0 Å². The third kappa shape index (κ3) is 4.80. The van der Waals surface area contributed by atoms with Gasteiger partial charge in [-0.05, 0) is 57.1 Å². The number of rotatable bonds is 5. The van der Waals surface area contributed by atoms with E-state index in [0.29, 0.717) is 23.5 Å². The summed E-state index contributed by atoms with van der Waals surface area (Å²) in [5.41, 5.74) is 1.26. The molecule has 1 amide bonds. The van der Waals surface area contributed by atoms with Gasteiger partial charge in [-0.15, -0.1) is 4.72 Å². The minimum Gasteiger partial charge on any atom is -0.598 e. The molecule has 1 saturated carbocycles. The van der Waals surface area contributed by atoms with Gasteiger partial charge in [-0.2, -0.15) is 0 Å². The van der Waals surface area contributed by atoms with Crippen molar-refractivity contribution < 1.29 is 18.5 Å². The smallest absolute Gasteiger partial charge is 0.410 e. The molecule has 0 radical (unpaired) electrons. The molecule has 2 aromatic carbocycles. The van der Waals surface area contributed by atoms with Gasteiger partial charge < -0.3 is 14.2 Å². The van der Waals surface area contributed by atoms with E-state index in [1.807, 2.05) is 57.2 Å². The fourth-order valence-electron chi connectivity index (χ4n) is 4.90. The van der Waals surface area contributed by atoms with E-state index in [9.17, 15) is 9.35 Å². The van der Waals surface area contributed by atoms with E-state index >= 15 is 4.39 Å². The van der Waals surface area contributed by atoms with E-state index < -0.39 is 17.0 Å². The lowest BCUT2D eigenvalue weighted by molar-refractivity contribution is -0.0651. The monoisotopic (exact) mass is 458 g/mol. The van der Waals surface area contributed by atoms with Crippen LogP contribution in [-0.4, -0.2) is 45.5 Å². The molecule has 2 aliphatic heterocycles. The summed E-state index contributed by atoms with van der Waals surface area (Å²) in [6, 6.07) is 14.4. The quantitative estimate of drug-likeness (QED) is 0.661. The summed E-state index contributed by atoms with van der Waals surface area (Å²) in [5, 5.41) is 0. The lowest BCUT2D eigenvalue weighted by Gasteiger charge is -2.57. The van der Waals surface area contributed by atoms with Gasteiger partial charge in [0.05, 0.1) is 12.1 Å². The van der Waals surface area contributed by atoms with Crippen LogP contribution in [0.25, 0.3) is 11.1 Å². The van der Waals surface area contributed by atoms with Crippen LogP contribution in [0.5, 0.6) is 0 Å².